The fourth-order valence-corrected chi connectivity index (χ4v) is 4.19. The van der Waals surface area contributed by atoms with E-state index in [4.69, 9.17) is 28.2 Å². The minimum Gasteiger partial charge on any atom is -0.493 e. The van der Waals surface area contributed by atoms with Crippen molar-refractivity contribution in [1.82, 2.24) is 4.98 Å². The molecule has 7 nitrogen and oxygen atoms in total. The van der Waals surface area contributed by atoms with Crippen LogP contribution in [0, 0.1) is 13.8 Å². The first-order valence-electron chi connectivity index (χ1n) is 12.7. The van der Waals surface area contributed by atoms with E-state index in [1.54, 1.807) is 0 Å². The molecule has 2 aromatic carbocycles. The van der Waals surface area contributed by atoms with Gasteiger partial charge < -0.3 is 23.2 Å². The van der Waals surface area contributed by atoms with E-state index < -0.39 is 7.12 Å². The molecule has 2 heterocycles. The number of carbonyl (C=O) groups is 1. The van der Waals surface area contributed by atoms with Crippen molar-refractivity contribution in [2.45, 2.75) is 72.0 Å². The van der Waals surface area contributed by atoms with Crippen LogP contribution in [0.3, 0.4) is 0 Å². The van der Waals surface area contributed by atoms with E-state index in [0.717, 1.165) is 39.4 Å². The number of nitrogens with zero attached hydrogens (tertiary/aromatic N) is 1. The first-order valence-corrected chi connectivity index (χ1v) is 12.7. The number of benzene rings is 2. The minimum atomic E-state index is -0.399. The first kappa shape index (κ1) is 27.0. The molecule has 0 aliphatic carbocycles. The lowest BCUT2D eigenvalue weighted by atomic mass is 9.79. The summed E-state index contributed by atoms with van der Waals surface area (Å²) in [4.78, 5) is 16.1. The smallest absolute Gasteiger partial charge is 0.493 e. The molecule has 37 heavy (non-hydrogen) atoms. The van der Waals surface area contributed by atoms with Gasteiger partial charge in [0.05, 0.1) is 30.6 Å². The Bertz CT molecular complexity index is 1230. The highest BCUT2D eigenvalue weighted by Crippen LogP contribution is 2.36. The van der Waals surface area contributed by atoms with Crippen LogP contribution >= 0.6 is 0 Å². The van der Waals surface area contributed by atoms with Gasteiger partial charge in [0.1, 0.15) is 11.5 Å². The molecule has 0 atom stereocenters. The molecular weight excluding hydrogens is 469 g/mol. The van der Waals surface area contributed by atoms with Gasteiger partial charge in [-0.05, 0) is 88.8 Å². The number of esters is 1. The molecule has 0 radical (unpaired) electrons. The van der Waals surface area contributed by atoms with Gasteiger partial charge in [0.25, 0.3) is 0 Å². The molecule has 0 unspecified atom stereocenters. The number of hydrogen-bond acceptors (Lipinski definition) is 7. The molecule has 1 saturated heterocycles. The van der Waals surface area contributed by atoms with Crippen molar-refractivity contribution in [2.24, 2.45) is 0 Å². The van der Waals surface area contributed by atoms with Crippen LogP contribution in [0.2, 0.25) is 0 Å². The summed E-state index contributed by atoms with van der Waals surface area (Å²) < 4.78 is 28.9. The number of ether oxygens (including phenoxy) is 2. The maximum atomic E-state index is 11.4. The number of rotatable bonds is 9. The van der Waals surface area contributed by atoms with E-state index in [1.165, 1.54) is 7.11 Å². The third kappa shape index (κ3) is 6.08. The summed E-state index contributed by atoms with van der Waals surface area (Å²) in [5.74, 6) is 1.95. The van der Waals surface area contributed by atoms with Crippen LogP contribution in [0.5, 0.6) is 5.75 Å². The number of methoxy groups -OCH3 is 1. The molecule has 1 aliphatic rings. The van der Waals surface area contributed by atoms with Crippen LogP contribution in [-0.2, 0) is 31.7 Å². The maximum Gasteiger partial charge on any atom is 0.494 e. The standard InChI is InChI=1S/C29H36BNO6/c1-19-18-24(14-10-21(19)11-15-26(32)33-7)34-17-16-25-20(2)35-27(31-25)22-8-12-23(13-9-22)30-36-28(3,4)29(5,6)37-30/h8-10,12-14,18H,11,15-17H2,1-7H3. The highest BCUT2D eigenvalue weighted by atomic mass is 16.7. The van der Waals surface area contributed by atoms with Crippen molar-refractivity contribution in [3.05, 3.63) is 65.0 Å². The normalized spacial score (nSPS) is 16.1. The molecule has 0 saturated carbocycles. The molecule has 0 amide bonds. The third-order valence-corrected chi connectivity index (χ3v) is 7.32. The zero-order valence-electron chi connectivity index (χ0n) is 22.8. The quantitative estimate of drug-likeness (QED) is 0.300. The van der Waals surface area contributed by atoms with Gasteiger partial charge in [0, 0.05) is 18.4 Å². The Morgan fingerprint density at radius 3 is 2.27 bits per heavy atom. The summed E-state index contributed by atoms with van der Waals surface area (Å²) in [7, 11) is 1.01. The van der Waals surface area contributed by atoms with Crippen LogP contribution in [0.15, 0.2) is 46.9 Å². The molecule has 0 bridgehead atoms. The number of hydrogen-bond donors (Lipinski definition) is 0. The van der Waals surface area contributed by atoms with Gasteiger partial charge in [0.2, 0.25) is 5.89 Å². The molecule has 0 spiro atoms. The van der Waals surface area contributed by atoms with Gasteiger partial charge in [-0.2, -0.15) is 0 Å². The summed E-state index contributed by atoms with van der Waals surface area (Å²) >= 11 is 0. The van der Waals surface area contributed by atoms with Crippen LogP contribution in [0.4, 0.5) is 0 Å². The summed E-state index contributed by atoms with van der Waals surface area (Å²) in [5, 5.41) is 0. The van der Waals surface area contributed by atoms with Crippen LogP contribution in [0.25, 0.3) is 11.5 Å². The SMILES string of the molecule is COC(=O)CCc1ccc(OCCc2nc(-c3ccc(B4OC(C)(C)C(C)(C)O4)cc3)oc2C)cc1C. The second-order valence-corrected chi connectivity index (χ2v) is 10.5. The Labute approximate surface area is 219 Å². The van der Waals surface area contributed by atoms with Gasteiger partial charge in [-0.3, -0.25) is 4.79 Å². The second-order valence-electron chi connectivity index (χ2n) is 10.5. The molecule has 8 heteroatoms. The predicted octanol–water partition coefficient (Wildman–Crippen LogP) is 4.98. The lowest BCUT2D eigenvalue weighted by Crippen LogP contribution is -2.41. The van der Waals surface area contributed by atoms with E-state index in [-0.39, 0.29) is 17.2 Å². The topological polar surface area (TPSA) is 80.0 Å². The Morgan fingerprint density at radius 2 is 1.65 bits per heavy atom. The van der Waals surface area contributed by atoms with Gasteiger partial charge in [-0.25, -0.2) is 4.98 Å². The number of oxazole rings is 1. The zero-order valence-corrected chi connectivity index (χ0v) is 22.8. The van der Waals surface area contributed by atoms with Crippen molar-refractivity contribution in [3.8, 4) is 17.2 Å². The largest absolute Gasteiger partial charge is 0.494 e. The molecular formula is C29H36BNO6. The summed E-state index contributed by atoms with van der Waals surface area (Å²) in [6.45, 7) is 12.6. The third-order valence-electron chi connectivity index (χ3n) is 7.32. The number of aryl methyl sites for hydroxylation is 3. The first-order chi connectivity index (χ1) is 17.5. The summed E-state index contributed by atoms with van der Waals surface area (Å²) in [6, 6.07) is 13.9. The average Bonchev–Trinajstić information content (AvgIpc) is 3.33. The highest BCUT2D eigenvalue weighted by molar-refractivity contribution is 6.62. The van der Waals surface area contributed by atoms with E-state index >= 15 is 0 Å². The average molecular weight is 505 g/mol. The van der Waals surface area contributed by atoms with Gasteiger partial charge in [-0.1, -0.05) is 18.2 Å². The second kappa shape index (κ2) is 10.7. The van der Waals surface area contributed by atoms with E-state index in [1.807, 2.05) is 84.0 Å². The van der Waals surface area contributed by atoms with Crippen LogP contribution < -0.4 is 10.2 Å². The van der Waals surface area contributed by atoms with Gasteiger partial charge in [0.15, 0.2) is 0 Å². The minimum absolute atomic E-state index is 0.206. The van der Waals surface area contributed by atoms with Crippen molar-refractivity contribution in [2.75, 3.05) is 13.7 Å². The Kier molecular flexibility index (Phi) is 7.81. The molecule has 1 fully saturated rings. The fourth-order valence-electron chi connectivity index (χ4n) is 4.19. The van der Waals surface area contributed by atoms with E-state index in [2.05, 4.69) is 0 Å². The predicted molar refractivity (Wildman–Crippen MR) is 143 cm³/mol. The van der Waals surface area contributed by atoms with Gasteiger partial charge in [-0.15, -0.1) is 0 Å². The monoisotopic (exact) mass is 505 g/mol. The Balaban J connectivity index is 1.34. The summed E-state index contributed by atoms with van der Waals surface area (Å²) in [5.41, 5.74) is 4.18. The van der Waals surface area contributed by atoms with Crippen molar-refractivity contribution in [1.29, 1.82) is 0 Å². The van der Waals surface area contributed by atoms with Crippen LogP contribution in [-0.4, -0.2) is 43.0 Å². The molecule has 0 N–H and O–H groups in total. The number of carbonyl (C=O) groups excluding carboxylic acids is 1. The molecule has 3 aromatic rings. The maximum absolute atomic E-state index is 11.4. The van der Waals surface area contributed by atoms with E-state index in [9.17, 15) is 4.79 Å². The molecule has 1 aliphatic heterocycles. The number of aromatic nitrogens is 1. The fraction of sp³-hybridized carbons (Fsp3) is 0.448. The van der Waals surface area contributed by atoms with Crippen molar-refractivity contribution >= 4 is 18.6 Å². The lowest BCUT2D eigenvalue weighted by molar-refractivity contribution is -0.140. The lowest BCUT2D eigenvalue weighted by Gasteiger charge is -2.32. The van der Waals surface area contributed by atoms with E-state index in [0.29, 0.717) is 31.8 Å². The highest BCUT2D eigenvalue weighted by Gasteiger charge is 2.51. The van der Waals surface area contributed by atoms with Crippen LogP contribution in [0.1, 0.15) is 56.7 Å². The Morgan fingerprint density at radius 1 is 0.973 bits per heavy atom. The van der Waals surface area contributed by atoms with Crippen molar-refractivity contribution in [3.63, 3.8) is 0 Å². The zero-order chi connectivity index (χ0) is 26.8. The molecule has 196 valence electrons. The molecule has 1 aromatic heterocycles. The molecule has 4 rings (SSSR count). The van der Waals surface area contributed by atoms with Crippen molar-refractivity contribution < 1.29 is 28.0 Å². The Hall–Kier alpha value is -3.10. The summed E-state index contributed by atoms with van der Waals surface area (Å²) in [6.07, 6.45) is 1.65. The van der Waals surface area contributed by atoms with Gasteiger partial charge >= 0.3 is 13.1 Å².